The van der Waals surface area contributed by atoms with Gasteiger partial charge in [0, 0.05) is 12.1 Å². The average molecular weight is 210 g/mol. The van der Waals surface area contributed by atoms with Crippen molar-refractivity contribution < 1.29 is 0 Å². The van der Waals surface area contributed by atoms with E-state index in [0.29, 0.717) is 0 Å². The molecule has 0 unspecified atom stereocenters. The van der Waals surface area contributed by atoms with Gasteiger partial charge in [0.2, 0.25) is 0 Å². The summed E-state index contributed by atoms with van der Waals surface area (Å²) in [5.41, 5.74) is 0.262. The Labute approximate surface area is 94.7 Å². The van der Waals surface area contributed by atoms with Gasteiger partial charge in [0.25, 0.3) is 0 Å². The Kier molecular flexibility index (Phi) is 4.81. The Morgan fingerprint density at radius 2 is 1.93 bits per heavy atom. The quantitative estimate of drug-likeness (QED) is 0.716. The van der Waals surface area contributed by atoms with E-state index in [1.807, 2.05) is 6.08 Å². The Balaban J connectivity index is 2.17. The van der Waals surface area contributed by atoms with Crippen LogP contribution < -0.4 is 5.32 Å². The average Bonchev–Trinajstić information content (AvgIpc) is 2.16. The van der Waals surface area contributed by atoms with Gasteiger partial charge in [0.1, 0.15) is 0 Å². The highest BCUT2D eigenvalue weighted by Crippen LogP contribution is 2.17. The Morgan fingerprint density at radius 1 is 1.33 bits per heavy atom. The van der Waals surface area contributed by atoms with Gasteiger partial charge in [0.15, 0.2) is 0 Å². The van der Waals surface area contributed by atoms with Gasteiger partial charge < -0.3 is 5.32 Å². The van der Waals surface area contributed by atoms with Crippen LogP contribution in [0.3, 0.4) is 0 Å². The van der Waals surface area contributed by atoms with E-state index >= 15 is 0 Å². The van der Waals surface area contributed by atoms with Crippen molar-refractivity contribution in [3.05, 3.63) is 12.7 Å². The van der Waals surface area contributed by atoms with E-state index in [9.17, 15) is 0 Å². The molecule has 2 nitrogen and oxygen atoms in total. The summed E-state index contributed by atoms with van der Waals surface area (Å²) in [5, 5.41) is 3.60. The van der Waals surface area contributed by atoms with E-state index in [-0.39, 0.29) is 5.54 Å². The van der Waals surface area contributed by atoms with Crippen LogP contribution in [-0.2, 0) is 0 Å². The lowest BCUT2D eigenvalue weighted by Gasteiger charge is -2.33. The smallest absolute Gasteiger partial charge is 0.0160 e. The van der Waals surface area contributed by atoms with Crippen molar-refractivity contribution in [3.63, 3.8) is 0 Å². The lowest BCUT2D eigenvalue weighted by Crippen LogP contribution is -2.42. The largest absolute Gasteiger partial charge is 0.312 e. The van der Waals surface area contributed by atoms with Crippen LogP contribution >= 0.6 is 0 Å². The topological polar surface area (TPSA) is 15.3 Å². The van der Waals surface area contributed by atoms with Crippen molar-refractivity contribution >= 4 is 0 Å². The highest BCUT2D eigenvalue weighted by Gasteiger charge is 2.19. The molecule has 1 saturated heterocycles. The number of piperidine rings is 1. The van der Waals surface area contributed by atoms with Crippen LogP contribution in [0.15, 0.2) is 12.7 Å². The minimum absolute atomic E-state index is 0.262. The minimum atomic E-state index is 0.262. The number of likely N-dealkylation sites (tertiary alicyclic amines) is 1. The van der Waals surface area contributed by atoms with E-state index in [4.69, 9.17) is 0 Å². The maximum absolute atomic E-state index is 3.79. The summed E-state index contributed by atoms with van der Waals surface area (Å²) in [7, 11) is 0. The molecular weight excluding hydrogens is 184 g/mol. The number of hydrogen-bond donors (Lipinski definition) is 1. The summed E-state index contributed by atoms with van der Waals surface area (Å²) in [4.78, 5) is 2.49. The first-order chi connectivity index (χ1) is 7.01. The third-order valence-corrected chi connectivity index (χ3v) is 3.02. The first-order valence-corrected chi connectivity index (χ1v) is 6.09. The molecule has 1 fully saturated rings. The van der Waals surface area contributed by atoms with Gasteiger partial charge in [-0.2, -0.15) is 0 Å². The van der Waals surface area contributed by atoms with E-state index in [0.717, 1.165) is 12.5 Å². The Morgan fingerprint density at radius 3 is 2.40 bits per heavy atom. The van der Waals surface area contributed by atoms with Gasteiger partial charge >= 0.3 is 0 Å². The van der Waals surface area contributed by atoms with Gasteiger partial charge in [-0.15, -0.1) is 6.58 Å². The molecule has 0 aromatic carbocycles. The van der Waals surface area contributed by atoms with Crippen molar-refractivity contribution in [3.8, 4) is 0 Å². The molecule has 0 radical (unpaired) electrons. The second-order valence-electron chi connectivity index (χ2n) is 5.66. The molecule has 0 spiro atoms. The maximum Gasteiger partial charge on any atom is 0.0160 e. The van der Waals surface area contributed by atoms with Gasteiger partial charge in [-0.05, 0) is 59.2 Å². The molecule has 15 heavy (non-hydrogen) atoms. The molecule has 0 atom stereocenters. The zero-order valence-electron chi connectivity index (χ0n) is 10.6. The van der Waals surface area contributed by atoms with Crippen molar-refractivity contribution in [2.45, 2.75) is 39.2 Å². The molecule has 0 aliphatic carbocycles. The van der Waals surface area contributed by atoms with Gasteiger partial charge in [-0.25, -0.2) is 0 Å². The van der Waals surface area contributed by atoms with Crippen LogP contribution in [0.4, 0.5) is 0 Å². The molecule has 2 heteroatoms. The second kappa shape index (κ2) is 5.66. The monoisotopic (exact) mass is 210 g/mol. The summed E-state index contributed by atoms with van der Waals surface area (Å²) in [6.07, 6.45) is 4.67. The number of nitrogens with one attached hydrogen (secondary N) is 1. The molecule has 0 aromatic rings. The molecule has 1 aliphatic heterocycles. The van der Waals surface area contributed by atoms with Crippen LogP contribution in [-0.4, -0.2) is 36.6 Å². The second-order valence-corrected chi connectivity index (χ2v) is 5.66. The molecule has 0 aromatic heterocycles. The predicted molar refractivity (Wildman–Crippen MR) is 67.1 cm³/mol. The molecule has 0 bridgehead atoms. The highest BCUT2D eigenvalue weighted by atomic mass is 15.1. The predicted octanol–water partition coefficient (Wildman–Crippen LogP) is 2.27. The molecule has 1 aliphatic rings. The van der Waals surface area contributed by atoms with Gasteiger partial charge in [-0.3, -0.25) is 4.90 Å². The first kappa shape index (κ1) is 12.7. The van der Waals surface area contributed by atoms with E-state index < -0.39 is 0 Å². The fraction of sp³-hybridized carbons (Fsp3) is 0.846. The Bertz CT molecular complexity index is 185. The van der Waals surface area contributed by atoms with Gasteiger partial charge in [0.05, 0.1) is 0 Å². The van der Waals surface area contributed by atoms with E-state index in [1.54, 1.807) is 0 Å². The number of hydrogen-bond acceptors (Lipinski definition) is 2. The van der Waals surface area contributed by atoms with Crippen molar-refractivity contribution in [1.82, 2.24) is 10.2 Å². The zero-order chi connectivity index (χ0) is 11.3. The third-order valence-electron chi connectivity index (χ3n) is 3.02. The fourth-order valence-electron chi connectivity index (χ4n) is 2.01. The molecule has 1 heterocycles. The SMILES string of the molecule is C=CCN1CCC(CNC(C)(C)C)CC1. The molecule has 0 saturated carbocycles. The summed E-state index contributed by atoms with van der Waals surface area (Å²) in [5.74, 6) is 0.866. The molecule has 1 N–H and O–H groups in total. The first-order valence-electron chi connectivity index (χ1n) is 6.09. The summed E-state index contributed by atoms with van der Waals surface area (Å²) in [6, 6.07) is 0. The normalized spacial score (nSPS) is 20.5. The van der Waals surface area contributed by atoms with Crippen LogP contribution in [0.2, 0.25) is 0 Å². The number of rotatable bonds is 4. The maximum atomic E-state index is 3.79. The Hall–Kier alpha value is -0.340. The molecular formula is C13H26N2. The van der Waals surface area contributed by atoms with E-state index in [1.165, 1.54) is 32.5 Å². The standard InChI is InChI=1S/C13H26N2/c1-5-8-15-9-6-12(7-10-15)11-14-13(2,3)4/h5,12,14H,1,6-11H2,2-4H3. The van der Waals surface area contributed by atoms with Crippen molar-refractivity contribution in [1.29, 1.82) is 0 Å². The van der Waals surface area contributed by atoms with Crippen LogP contribution in [0.5, 0.6) is 0 Å². The van der Waals surface area contributed by atoms with Crippen LogP contribution in [0.25, 0.3) is 0 Å². The van der Waals surface area contributed by atoms with E-state index in [2.05, 4.69) is 37.6 Å². The summed E-state index contributed by atoms with van der Waals surface area (Å²) >= 11 is 0. The van der Waals surface area contributed by atoms with Crippen LogP contribution in [0, 0.1) is 5.92 Å². The number of nitrogens with zero attached hydrogens (tertiary/aromatic N) is 1. The molecule has 0 amide bonds. The molecule has 1 rings (SSSR count). The minimum Gasteiger partial charge on any atom is -0.312 e. The molecule has 88 valence electrons. The lowest BCUT2D eigenvalue weighted by atomic mass is 9.95. The summed E-state index contributed by atoms with van der Waals surface area (Å²) < 4.78 is 0. The van der Waals surface area contributed by atoms with Crippen molar-refractivity contribution in [2.24, 2.45) is 5.92 Å². The fourth-order valence-corrected chi connectivity index (χ4v) is 2.01. The zero-order valence-corrected chi connectivity index (χ0v) is 10.6. The lowest BCUT2D eigenvalue weighted by molar-refractivity contribution is 0.191. The third kappa shape index (κ3) is 5.33. The summed E-state index contributed by atoms with van der Waals surface area (Å²) in [6.45, 7) is 15.2. The highest BCUT2D eigenvalue weighted by molar-refractivity contribution is 4.81. The van der Waals surface area contributed by atoms with Crippen LogP contribution in [0.1, 0.15) is 33.6 Å². The van der Waals surface area contributed by atoms with Crippen molar-refractivity contribution in [2.75, 3.05) is 26.2 Å². The van der Waals surface area contributed by atoms with Gasteiger partial charge in [-0.1, -0.05) is 6.08 Å².